The van der Waals surface area contributed by atoms with E-state index in [9.17, 15) is 8.42 Å². The number of ether oxygens (including phenoxy) is 1. The predicted molar refractivity (Wildman–Crippen MR) is 91.4 cm³/mol. The smallest absolute Gasteiger partial charge is 0.282 e. The van der Waals surface area contributed by atoms with Gasteiger partial charge in [0.1, 0.15) is 0 Å². The molecule has 1 spiro atoms. The fraction of sp³-hybridized carbons (Fsp3) is 1.00. The van der Waals surface area contributed by atoms with Gasteiger partial charge in [0.25, 0.3) is 10.2 Å². The van der Waals surface area contributed by atoms with Gasteiger partial charge in [0.05, 0.1) is 6.10 Å². The molecule has 6 heteroatoms. The molecule has 0 aromatic carbocycles. The SMILES string of the molecule is CCO[C@@H]1C[C@H](N(C)S(=O)(=O)N2CCC[C@@H](C)C2)C12CCCC2. The van der Waals surface area contributed by atoms with Crippen LogP contribution < -0.4 is 0 Å². The quantitative estimate of drug-likeness (QED) is 0.770. The Morgan fingerprint density at radius 3 is 2.57 bits per heavy atom. The average molecular weight is 345 g/mol. The Balaban J connectivity index is 1.75. The van der Waals surface area contributed by atoms with Crippen molar-refractivity contribution in [1.29, 1.82) is 0 Å². The van der Waals surface area contributed by atoms with E-state index in [0.29, 0.717) is 19.0 Å². The Kier molecular flexibility index (Phi) is 5.08. The van der Waals surface area contributed by atoms with Crippen LogP contribution in [0.15, 0.2) is 0 Å². The van der Waals surface area contributed by atoms with Gasteiger partial charge in [0.2, 0.25) is 0 Å². The molecule has 0 aromatic rings. The maximum Gasteiger partial charge on any atom is 0.282 e. The largest absolute Gasteiger partial charge is 0.378 e. The lowest BCUT2D eigenvalue weighted by Crippen LogP contribution is -2.65. The molecule has 3 atom stereocenters. The summed E-state index contributed by atoms with van der Waals surface area (Å²) < 4.78 is 35.5. The van der Waals surface area contributed by atoms with Gasteiger partial charge in [-0.05, 0) is 44.9 Å². The zero-order valence-corrected chi connectivity index (χ0v) is 15.6. The van der Waals surface area contributed by atoms with Gasteiger partial charge in [-0.15, -0.1) is 0 Å². The Hall–Kier alpha value is -0.170. The van der Waals surface area contributed by atoms with E-state index in [1.54, 1.807) is 15.7 Å². The molecule has 1 aliphatic heterocycles. The van der Waals surface area contributed by atoms with Crippen molar-refractivity contribution in [3.63, 3.8) is 0 Å². The first kappa shape index (κ1) is 17.6. The van der Waals surface area contributed by atoms with Crippen LogP contribution in [0.5, 0.6) is 0 Å². The van der Waals surface area contributed by atoms with E-state index in [0.717, 1.165) is 38.7 Å². The summed E-state index contributed by atoms with van der Waals surface area (Å²) in [6.45, 7) is 6.24. The first-order chi connectivity index (χ1) is 10.9. The number of hydrogen-bond acceptors (Lipinski definition) is 3. The van der Waals surface area contributed by atoms with Crippen molar-refractivity contribution in [2.45, 2.75) is 70.9 Å². The highest BCUT2D eigenvalue weighted by Gasteiger charge is 2.60. The summed E-state index contributed by atoms with van der Waals surface area (Å²) in [5.41, 5.74) is 0.0687. The van der Waals surface area contributed by atoms with Crippen LogP contribution in [0, 0.1) is 11.3 Å². The second kappa shape index (κ2) is 6.62. The first-order valence-electron chi connectivity index (χ1n) is 9.26. The topological polar surface area (TPSA) is 49.9 Å². The number of nitrogens with zero attached hydrogens (tertiary/aromatic N) is 2. The van der Waals surface area contributed by atoms with Gasteiger partial charge in [-0.2, -0.15) is 17.0 Å². The van der Waals surface area contributed by atoms with Crippen LogP contribution in [-0.2, 0) is 14.9 Å². The Bertz CT molecular complexity index is 516. The molecule has 1 heterocycles. The fourth-order valence-corrected chi connectivity index (χ4v) is 6.84. The summed E-state index contributed by atoms with van der Waals surface area (Å²) in [7, 11) is -1.55. The molecule has 0 bridgehead atoms. The zero-order valence-electron chi connectivity index (χ0n) is 14.8. The van der Waals surface area contributed by atoms with E-state index >= 15 is 0 Å². The van der Waals surface area contributed by atoms with E-state index in [1.165, 1.54) is 12.8 Å². The highest BCUT2D eigenvalue weighted by atomic mass is 32.2. The van der Waals surface area contributed by atoms with Crippen molar-refractivity contribution in [3.05, 3.63) is 0 Å². The van der Waals surface area contributed by atoms with E-state index in [1.807, 2.05) is 6.92 Å². The molecule has 0 N–H and O–H groups in total. The minimum absolute atomic E-state index is 0.0687. The molecule has 3 rings (SSSR count). The molecule has 3 aliphatic rings. The van der Waals surface area contributed by atoms with E-state index in [-0.39, 0.29) is 17.6 Å². The molecule has 0 radical (unpaired) electrons. The normalized spacial score (nSPS) is 34.9. The highest BCUT2D eigenvalue weighted by Crippen LogP contribution is 2.57. The summed E-state index contributed by atoms with van der Waals surface area (Å²) in [6.07, 6.45) is 7.84. The van der Waals surface area contributed by atoms with E-state index in [2.05, 4.69) is 6.92 Å². The summed E-state index contributed by atoms with van der Waals surface area (Å²) in [5, 5.41) is 0. The molecule has 0 unspecified atom stereocenters. The Morgan fingerprint density at radius 1 is 1.26 bits per heavy atom. The summed E-state index contributed by atoms with van der Waals surface area (Å²) in [4.78, 5) is 0. The van der Waals surface area contributed by atoms with Crippen molar-refractivity contribution in [3.8, 4) is 0 Å². The maximum atomic E-state index is 13.1. The predicted octanol–water partition coefficient (Wildman–Crippen LogP) is 2.63. The summed E-state index contributed by atoms with van der Waals surface area (Å²) in [6, 6.07) is 0.115. The molecule has 2 saturated carbocycles. The van der Waals surface area contributed by atoms with Crippen molar-refractivity contribution >= 4 is 10.2 Å². The van der Waals surface area contributed by atoms with Gasteiger partial charge < -0.3 is 4.74 Å². The minimum atomic E-state index is -3.35. The van der Waals surface area contributed by atoms with Crippen molar-refractivity contribution < 1.29 is 13.2 Å². The van der Waals surface area contributed by atoms with E-state index < -0.39 is 10.2 Å². The molecular weight excluding hydrogens is 312 g/mol. The van der Waals surface area contributed by atoms with Crippen molar-refractivity contribution in [2.24, 2.45) is 11.3 Å². The average Bonchev–Trinajstić information content (AvgIpc) is 3.03. The number of rotatable bonds is 5. The van der Waals surface area contributed by atoms with Crippen LogP contribution in [-0.4, -0.2) is 55.9 Å². The van der Waals surface area contributed by atoms with Gasteiger partial charge in [-0.3, -0.25) is 0 Å². The number of hydrogen-bond donors (Lipinski definition) is 0. The maximum absolute atomic E-state index is 13.1. The molecule has 23 heavy (non-hydrogen) atoms. The van der Waals surface area contributed by atoms with Crippen LogP contribution >= 0.6 is 0 Å². The third-order valence-electron chi connectivity index (χ3n) is 6.39. The first-order valence-corrected chi connectivity index (χ1v) is 10.7. The van der Waals surface area contributed by atoms with Crippen molar-refractivity contribution in [1.82, 2.24) is 8.61 Å². The van der Waals surface area contributed by atoms with E-state index in [4.69, 9.17) is 4.74 Å². The molecule has 2 aliphatic carbocycles. The third-order valence-corrected chi connectivity index (χ3v) is 8.36. The van der Waals surface area contributed by atoms with Gasteiger partial charge in [0, 0.05) is 38.2 Å². The van der Waals surface area contributed by atoms with Crippen LogP contribution in [0.4, 0.5) is 0 Å². The Labute approximate surface area is 141 Å². The lowest BCUT2D eigenvalue weighted by atomic mass is 9.60. The summed E-state index contributed by atoms with van der Waals surface area (Å²) in [5.74, 6) is 0.463. The van der Waals surface area contributed by atoms with Gasteiger partial charge >= 0.3 is 0 Å². The van der Waals surface area contributed by atoms with Crippen LogP contribution in [0.3, 0.4) is 0 Å². The second-order valence-corrected chi connectivity index (χ2v) is 9.75. The van der Waals surface area contributed by atoms with Crippen LogP contribution in [0.25, 0.3) is 0 Å². The molecule has 5 nitrogen and oxygen atoms in total. The molecule has 3 fully saturated rings. The summed E-state index contributed by atoms with van der Waals surface area (Å²) >= 11 is 0. The fourth-order valence-electron chi connectivity index (χ4n) is 5.06. The molecule has 134 valence electrons. The second-order valence-electron chi connectivity index (χ2n) is 7.77. The highest BCUT2D eigenvalue weighted by molar-refractivity contribution is 7.86. The third kappa shape index (κ3) is 2.96. The minimum Gasteiger partial charge on any atom is -0.378 e. The van der Waals surface area contributed by atoms with Crippen LogP contribution in [0.2, 0.25) is 0 Å². The lowest BCUT2D eigenvalue weighted by Gasteiger charge is -2.57. The molecule has 0 aromatic heterocycles. The van der Waals surface area contributed by atoms with Gasteiger partial charge in [0.15, 0.2) is 0 Å². The van der Waals surface area contributed by atoms with Crippen LogP contribution in [0.1, 0.15) is 58.8 Å². The Morgan fingerprint density at radius 2 is 1.96 bits per heavy atom. The number of piperidine rings is 1. The molecule has 0 amide bonds. The van der Waals surface area contributed by atoms with Crippen molar-refractivity contribution in [2.75, 3.05) is 26.7 Å². The molecule has 1 saturated heterocycles. The lowest BCUT2D eigenvalue weighted by molar-refractivity contribution is -0.146. The van der Waals surface area contributed by atoms with Gasteiger partial charge in [-0.1, -0.05) is 19.8 Å². The zero-order chi connectivity index (χ0) is 16.7. The standard InChI is InChI=1S/C17H32N2O3S/c1-4-22-16-12-15(17(16)9-5-6-10-17)18(3)23(20,21)19-11-7-8-14(2)13-19/h14-16H,4-13H2,1-3H3/t14-,15+,16-/m1/s1. The van der Waals surface area contributed by atoms with Gasteiger partial charge in [-0.25, -0.2) is 0 Å². The molecular formula is C17H32N2O3S. The monoisotopic (exact) mass is 344 g/mol.